The zero-order valence-corrected chi connectivity index (χ0v) is 10.1. The van der Waals surface area contributed by atoms with Crippen molar-refractivity contribution >= 4 is 16.0 Å². The van der Waals surface area contributed by atoms with Crippen molar-refractivity contribution in [2.45, 2.75) is 18.2 Å². The van der Waals surface area contributed by atoms with Gasteiger partial charge in [0.2, 0.25) is 10.0 Å². The molecule has 1 atom stereocenters. The van der Waals surface area contributed by atoms with E-state index in [2.05, 4.69) is 10.2 Å². The number of sulfonamides is 1. The van der Waals surface area contributed by atoms with Crippen molar-refractivity contribution in [3.63, 3.8) is 0 Å². The van der Waals surface area contributed by atoms with E-state index in [0.717, 1.165) is 0 Å². The lowest BCUT2D eigenvalue weighted by Crippen LogP contribution is -2.34. The number of hydrogen-bond donors (Lipinski definition) is 2. The number of carbonyl (C=O) groups is 1. The zero-order chi connectivity index (χ0) is 12.7. The van der Waals surface area contributed by atoms with Crippen LogP contribution in [0.2, 0.25) is 0 Å². The second kappa shape index (κ2) is 3.81. The average molecular weight is 259 g/mol. The Hall–Kier alpha value is -1.41. The maximum Gasteiger partial charge on any atom is 0.310 e. The quantitative estimate of drug-likeness (QED) is 0.788. The van der Waals surface area contributed by atoms with Crippen molar-refractivity contribution in [3.8, 4) is 0 Å². The molecule has 0 aliphatic carbocycles. The highest BCUT2D eigenvalue weighted by molar-refractivity contribution is 7.89. The van der Waals surface area contributed by atoms with Crippen LogP contribution >= 0.6 is 0 Å². The molecular weight excluding hydrogens is 246 g/mol. The van der Waals surface area contributed by atoms with Crippen molar-refractivity contribution in [3.05, 3.63) is 12.4 Å². The van der Waals surface area contributed by atoms with Crippen LogP contribution in [0.3, 0.4) is 0 Å². The molecule has 1 unspecified atom stereocenters. The topological polar surface area (TPSA) is 103 Å². The van der Waals surface area contributed by atoms with Gasteiger partial charge in [-0.25, -0.2) is 8.42 Å². The van der Waals surface area contributed by atoms with E-state index in [1.54, 1.807) is 6.92 Å². The maximum atomic E-state index is 12.1. The lowest BCUT2D eigenvalue weighted by Gasteiger charge is -2.19. The Balaban J connectivity index is 2.25. The summed E-state index contributed by atoms with van der Waals surface area (Å²) in [6.07, 6.45) is 2.82. The molecule has 94 valence electrons. The van der Waals surface area contributed by atoms with Crippen molar-refractivity contribution in [2.75, 3.05) is 13.1 Å². The summed E-state index contributed by atoms with van der Waals surface area (Å²) in [6, 6.07) is 0. The molecule has 7 nitrogen and oxygen atoms in total. The summed E-state index contributed by atoms with van der Waals surface area (Å²) in [4.78, 5) is 11.1. The van der Waals surface area contributed by atoms with Crippen molar-refractivity contribution < 1.29 is 18.3 Å². The van der Waals surface area contributed by atoms with E-state index in [9.17, 15) is 13.2 Å². The average Bonchev–Trinajstić information content (AvgIpc) is 2.86. The lowest BCUT2D eigenvalue weighted by atomic mass is 9.90. The summed E-state index contributed by atoms with van der Waals surface area (Å²) in [5.74, 6) is -0.970. The maximum absolute atomic E-state index is 12.1. The number of nitrogens with one attached hydrogen (secondary N) is 1. The third-order valence-electron chi connectivity index (χ3n) is 3.07. The second-order valence-electron chi connectivity index (χ2n) is 4.39. The molecule has 8 heteroatoms. The molecule has 1 aromatic rings. The molecular formula is C9H13N3O4S. The van der Waals surface area contributed by atoms with Gasteiger partial charge in [-0.3, -0.25) is 9.89 Å². The van der Waals surface area contributed by atoms with Crippen molar-refractivity contribution in [1.29, 1.82) is 0 Å². The summed E-state index contributed by atoms with van der Waals surface area (Å²) in [5, 5.41) is 15.1. The van der Waals surface area contributed by atoms with E-state index in [1.807, 2.05) is 0 Å². The minimum Gasteiger partial charge on any atom is -0.481 e. The molecule has 1 fully saturated rings. The SMILES string of the molecule is CC1(C(=O)O)CCN(S(=O)(=O)c2cn[nH]c2)C1. The van der Waals surface area contributed by atoms with Crippen molar-refractivity contribution in [2.24, 2.45) is 5.41 Å². The second-order valence-corrected chi connectivity index (χ2v) is 6.33. The summed E-state index contributed by atoms with van der Waals surface area (Å²) >= 11 is 0. The molecule has 0 aromatic carbocycles. The standard InChI is InChI=1S/C9H13N3O4S/c1-9(8(13)14)2-3-12(6-9)17(15,16)7-4-10-11-5-7/h4-5H,2-3,6H2,1H3,(H,10,11)(H,13,14). The molecule has 1 saturated heterocycles. The van der Waals surface area contributed by atoms with Gasteiger partial charge >= 0.3 is 5.97 Å². The fraction of sp³-hybridized carbons (Fsp3) is 0.556. The number of aliphatic carboxylic acids is 1. The predicted octanol–water partition coefficient (Wildman–Crippen LogP) is -0.105. The van der Waals surface area contributed by atoms with Gasteiger partial charge in [-0.2, -0.15) is 9.40 Å². The Morgan fingerprint density at radius 3 is 2.82 bits per heavy atom. The highest BCUT2D eigenvalue weighted by Crippen LogP contribution is 2.33. The normalized spacial score (nSPS) is 26.2. The van der Waals surface area contributed by atoms with Gasteiger partial charge in [0.05, 0.1) is 11.6 Å². The molecule has 0 amide bonds. The smallest absolute Gasteiger partial charge is 0.310 e. The number of hydrogen-bond acceptors (Lipinski definition) is 4. The molecule has 0 radical (unpaired) electrons. The van der Waals surface area contributed by atoms with Gasteiger partial charge in [-0.15, -0.1) is 0 Å². The van der Waals surface area contributed by atoms with Crippen LogP contribution in [0.4, 0.5) is 0 Å². The Kier molecular flexibility index (Phi) is 2.70. The lowest BCUT2D eigenvalue weighted by molar-refractivity contribution is -0.146. The minimum absolute atomic E-state index is 0.00412. The number of aromatic nitrogens is 2. The van der Waals surface area contributed by atoms with E-state index in [1.165, 1.54) is 16.7 Å². The third-order valence-corrected chi connectivity index (χ3v) is 4.88. The number of aromatic amines is 1. The molecule has 1 aliphatic heterocycles. The molecule has 2 heterocycles. The molecule has 17 heavy (non-hydrogen) atoms. The van der Waals surface area contributed by atoms with Gasteiger partial charge in [0.15, 0.2) is 0 Å². The predicted molar refractivity (Wildman–Crippen MR) is 57.7 cm³/mol. The van der Waals surface area contributed by atoms with E-state index < -0.39 is 21.4 Å². The molecule has 2 rings (SSSR count). The summed E-state index contributed by atoms with van der Waals surface area (Å²) in [6.45, 7) is 1.77. The van der Waals surface area contributed by atoms with Crippen LogP contribution in [0.25, 0.3) is 0 Å². The van der Waals surface area contributed by atoms with E-state index >= 15 is 0 Å². The van der Waals surface area contributed by atoms with Crippen LogP contribution in [0.5, 0.6) is 0 Å². The fourth-order valence-corrected chi connectivity index (χ4v) is 3.30. The zero-order valence-electron chi connectivity index (χ0n) is 9.25. The number of carboxylic acids is 1. The number of carboxylic acid groups (broad SMARTS) is 1. The Labute approximate surface area is 98.5 Å². The Morgan fingerprint density at radius 1 is 1.65 bits per heavy atom. The fourth-order valence-electron chi connectivity index (χ4n) is 1.83. The van der Waals surface area contributed by atoms with Crippen LogP contribution in [0.15, 0.2) is 17.3 Å². The van der Waals surface area contributed by atoms with Gasteiger partial charge in [-0.1, -0.05) is 0 Å². The first-order valence-electron chi connectivity index (χ1n) is 5.09. The first kappa shape index (κ1) is 12.1. The monoisotopic (exact) mass is 259 g/mol. The number of H-pyrrole nitrogens is 1. The Morgan fingerprint density at radius 2 is 2.35 bits per heavy atom. The molecule has 0 spiro atoms. The van der Waals surface area contributed by atoms with Gasteiger partial charge in [0, 0.05) is 19.3 Å². The van der Waals surface area contributed by atoms with Crippen molar-refractivity contribution in [1.82, 2.24) is 14.5 Å². The number of nitrogens with zero attached hydrogens (tertiary/aromatic N) is 2. The van der Waals surface area contributed by atoms with Crippen LogP contribution in [-0.4, -0.2) is 47.1 Å². The molecule has 1 aliphatic rings. The van der Waals surface area contributed by atoms with Crippen LogP contribution in [0, 0.1) is 5.41 Å². The van der Waals surface area contributed by atoms with E-state index in [4.69, 9.17) is 5.11 Å². The number of rotatable bonds is 3. The Bertz CT molecular complexity index is 524. The van der Waals surface area contributed by atoms with Gasteiger partial charge in [0.25, 0.3) is 0 Å². The van der Waals surface area contributed by atoms with Crippen LogP contribution in [0.1, 0.15) is 13.3 Å². The van der Waals surface area contributed by atoms with E-state index in [-0.39, 0.29) is 18.0 Å². The van der Waals surface area contributed by atoms with Crippen LogP contribution < -0.4 is 0 Å². The molecule has 1 aromatic heterocycles. The third kappa shape index (κ3) is 1.93. The first-order chi connectivity index (χ1) is 7.86. The molecule has 0 saturated carbocycles. The summed E-state index contributed by atoms with van der Waals surface area (Å²) < 4.78 is 25.3. The van der Waals surface area contributed by atoms with Gasteiger partial charge in [0.1, 0.15) is 4.90 Å². The highest BCUT2D eigenvalue weighted by atomic mass is 32.2. The minimum atomic E-state index is -3.62. The van der Waals surface area contributed by atoms with E-state index in [0.29, 0.717) is 6.42 Å². The summed E-state index contributed by atoms with van der Waals surface area (Å²) in [5.41, 5.74) is -1.00. The largest absolute Gasteiger partial charge is 0.481 e. The van der Waals surface area contributed by atoms with Gasteiger partial charge < -0.3 is 5.11 Å². The van der Waals surface area contributed by atoms with Crippen LogP contribution in [-0.2, 0) is 14.8 Å². The first-order valence-corrected chi connectivity index (χ1v) is 6.53. The molecule has 0 bridgehead atoms. The summed E-state index contributed by atoms with van der Waals surface area (Å²) in [7, 11) is -3.62. The van der Waals surface area contributed by atoms with Gasteiger partial charge in [-0.05, 0) is 13.3 Å². The highest BCUT2D eigenvalue weighted by Gasteiger charge is 2.45. The molecule has 2 N–H and O–H groups in total.